The van der Waals surface area contributed by atoms with Gasteiger partial charge in [0.1, 0.15) is 5.82 Å². The van der Waals surface area contributed by atoms with Crippen LogP contribution < -0.4 is 15.5 Å². The maximum atomic E-state index is 12.6. The maximum absolute atomic E-state index is 12.6. The molecule has 0 saturated carbocycles. The van der Waals surface area contributed by atoms with Crippen molar-refractivity contribution in [2.45, 2.75) is 10.8 Å². The van der Waals surface area contributed by atoms with Crippen molar-refractivity contribution in [1.29, 1.82) is 0 Å². The first-order chi connectivity index (χ1) is 11.8. The van der Waals surface area contributed by atoms with Gasteiger partial charge < -0.3 is 15.5 Å². The summed E-state index contributed by atoms with van der Waals surface area (Å²) in [7, 11) is 0. The van der Waals surface area contributed by atoms with Crippen LogP contribution in [0.3, 0.4) is 0 Å². The van der Waals surface area contributed by atoms with E-state index in [0.29, 0.717) is 5.82 Å². The van der Waals surface area contributed by atoms with Gasteiger partial charge in [-0.05, 0) is 23.8 Å². The fourth-order valence-corrected chi connectivity index (χ4v) is 4.39. The molecule has 1 amide bonds. The fraction of sp³-hybridized carbons (Fsp3) is 0.333. The van der Waals surface area contributed by atoms with Crippen molar-refractivity contribution in [2.75, 3.05) is 42.1 Å². The molecule has 1 fully saturated rings. The van der Waals surface area contributed by atoms with Gasteiger partial charge in [-0.2, -0.15) is 0 Å². The monoisotopic (exact) mass is 376 g/mol. The van der Waals surface area contributed by atoms with E-state index in [0.717, 1.165) is 43.2 Å². The van der Waals surface area contributed by atoms with Crippen LogP contribution in [0.25, 0.3) is 0 Å². The number of halogens is 1. The largest absolute Gasteiger partial charge is 0.368 e. The van der Waals surface area contributed by atoms with E-state index >= 15 is 0 Å². The lowest BCUT2D eigenvalue weighted by Crippen LogP contribution is -2.43. The Morgan fingerprint density at radius 1 is 1.20 bits per heavy atom. The van der Waals surface area contributed by atoms with Gasteiger partial charge in [0.2, 0.25) is 5.91 Å². The number of amides is 1. The summed E-state index contributed by atoms with van der Waals surface area (Å²) in [5, 5.41) is 6.30. The summed E-state index contributed by atoms with van der Waals surface area (Å²) in [5.41, 5.74) is 2.23. The minimum absolute atomic E-state index is 0. The average Bonchev–Trinajstić information content (AvgIpc) is 3.07. The smallest absolute Gasteiger partial charge is 0.233 e. The highest BCUT2D eigenvalue weighted by Gasteiger charge is 2.29. The quantitative estimate of drug-likeness (QED) is 0.862. The van der Waals surface area contributed by atoms with E-state index < -0.39 is 0 Å². The Labute approximate surface area is 158 Å². The van der Waals surface area contributed by atoms with Crippen molar-refractivity contribution >= 4 is 41.6 Å². The molecule has 7 heteroatoms. The minimum atomic E-state index is -0.0964. The third kappa shape index (κ3) is 3.92. The zero-order chi connectivity index (χ0) is 16.4. The lowest BCUT2D eigenvalue weighted by atomic mass is 10.0. The molecular formula is C18H21ClN4OS. The first kappa shape index (κ1) is 18.0. The molecule has 132 valence electrons. The van der Waals surface area contributed by atoms with Crippen molar-refractivity contribution < 1.29 is 4.79 Å². The van der Waals surface area contributed by atoms with Crippen molar-refractivity contribution in [2.24, 2.45) is 0 Å². The van der Waals surface area contributed by atoms with Crippen LogP contribution in [0.15, 0.2) is 47.5 Å². The number of carbonyl (C=O) groups is 1. The highest BCUT2D eigenvalue weighted by molar-refractivity contribution is 7.99. The molecule has 1 aromatic heterocycles. The molecule has 0 radical (unpaired) electrons. The number of hydrogen-bond donors (Lipinski definition) is 2. The number of benzene rings is 1. The molecule has 5 nitrogen and oxygen atoms in total. The summed E-state index contributed by atoms with van der Waals surface area (Å²) in [4.78, 5) is 20.5. The second kappa shape index (κ2) is 8.08. The average molecular weight is 377 g/mol. The summed E-state index contributed by atoms with van der Waals surface area (Å²) in [6, 6.07) is 12.1. The molecule has 25 heavy (non-hydrogen) atoms. The normalized spacial score (nSPS) is 19.0. The van der Waals surface area contributed by atoms with Crippen LogP contribution in [0, 0.1) is 0 Å². The molecule has 0 spiro atoms. The molecule has 2 N–H and O–H groups in total. The number of anilines is 2. The van der Waals surface area contributed by atoms with E-state index in [-0.39, 0.29) is 24.2 Å². The van der Waals surface area contributed by atoms with E-state index in [1.165, 1.54) is 4.90 Å². The van der Waals surface area contributed by atoms with E-state index in [1.807, 2.05) is 36.5 Å². The molecule has 2 aliphatic heterocycles. The molecule has 4 rings (SSSR count). The molecule has 1 unspecified atom stereocenters. The van der Waals surface area contributed by atoms with Crippen LogP contribution in [-0.4, -0.2) is 42.8 Å². The zero-order valence-electron chi connectivity index (χ0n) is 13.8. The van der Waals surface area contributed by atoms with Crippen LogP contribution in [0.2, 0.25) is 0 Å². The number of fused-ring (bicyclic) bond motifs is 1. The lowest BCUT2D eigenvalue weighted by Gasteiger charge is -2.29. The number of hydrogen-bond acceptors (Lipinski definition) is 5. The molecule has 0 bridgehead atoms. The Balaban J connectivity index is 0.00000182. The van der Waals surface area contributed by atoms with E-state index in [4.69, 9.17) is 0 Å². The Hall–Kier alpha value is -1.76. The summed E-state index contributed by atoms with van der Waals surface area (Å²) in [5.74, 6) is 1.34. The predicted octanol–water partition coefficient (Wildman–Crippen LogP) is 2.74. The Kier molecular flexibility index (Phi) is 5.83. The number of nitrogens with one attached hydrogen (secondary N) is 2. The van der Waals surface area contributed by atoms with Gasteiger partial charge in [0.25, 0.3) is 0 Å². The van der Waals surface area contributed by atoms with Crippen LogP contribution in [0.5, 0.6) is 0 Å². The van der Waals surface area contributed by atoms with Gasteiger partial charge in [0, 0.05) is 36.8 Å². The molecule has 1 atom stereocenters. The van der Waals surface area contributed by atoms with Gasteiger partial charge in [-0.25, -0.2) is 4.98 Å². The summed E-state index contributed by atoms with van der Waals surface area (Å²) < 4.78 is 0. The topological polar surface area (TPSA) is 57.3 Å². The number of pyridine rings is 1. The molecule has 0 aliphatic carbocycles. The Morgan fingerprint density at radius 2 is 2.00 bits per heavy atom. The van der Waals surface area contributed by atoms with Crippen molar-refractivity contribution in [3.05, 3.63) is 48.2 Å². The van der Waals surface area contributed by atoms with Crippen LogP contribution in [-0.2, 0) is 4.79 Å². The van der Waals surface area contributed by atoms with Crippen molar-refractivity contribution in [3.63, 3.8) is 0 Å². The molecule has 2 aliphatic rings. The minimum Gasteiger partial charge on any atom is -0.368 e. The maximum Gasteiger partial charge on any atom is 0.233 e. The molecule has 2 aromatic rings. The lowest BCUT2D eigenvalue weighted by molar-refractivity contribution is -0.117. The van der Waals surface area contributed by atoms with Crippen molar-refractivity contribution in [1.82, 2.24) is 10.3 Å². The van der Waals surface area contributed by atoms with E-state index in [1.54, 1.807) is 11.8 Å². The van der Waals surface area contributed by atoms with Gasteiger partial charge in [0.05, 0.1) is 17.8 Å². The molecular weight excluding hydrogens is 356 g/mol. The molecule has 1 aromatic carbocycles. The summed E-state index contributed by atoms with van der Waals surface area (Å²) in [6.45, 7) is 3.97. The number of aromatic nitrogens is 1. The van der Waals surface area contributed by atoms with Gasteiger partial charge in [-0.3, -0.25) is 4.79 Å². The zero-order valence-corrected chi connectivity index (χ0v) is 15.4. The summed E-state index contributed by atoms with van der Waals surface area (Å²) in [6.07, 6.45) is 1.85. The van der Waals surface area contributed by atoms with Crippen molar-refractivity contribution in [3.8, 4) is 0 Å². The van der Waals surface area contributed by atoms with Gasteiger partial charge in [-0.15, -0.1) is 24.2 Å². The number of rotatable bonds is 3. The number of thioether (sulfide) groups is 1. The van der Waals surface area contributed by atoms with E-state index in [9.17, 15) is 4.79 Å². The SMILES string of the molecule is Cl.O=C(Nc1ccc(N2CCNCC2)cn1)C1CSc2ccccc21. The number of nitrogens with zero attached hydrogens (tertiary/aromatic N) is 2. The first-order valence-electron chi connectivity index (χ1n) is 8.25. The fourth-order valence-electron chi connectivity index (χ4n) is 3.16. The van der Waals surface area contributed by atoms with Crippen LogP contribution >= 0.6 is 24.2 Å². The molecule has 1 saturated heterocycles. The highest BCUT2D eigenvalue weighted by Crippen LogP contribution is 2.39. The second-order valence-electron chi connectivity index (χ2n) is 6.03. The third-order valence-corrected chi connectivity index (χ3v) is 5.68. The first-order valence-corrected chi connectivity index (χ1v) is 9.24. The van der Waals surface area contributed by atoms with Crippen LogP contribution in [0.1, 0.15) is 11.5 Å². The Bertz CT molecular complexity index is 734. The second-order valence-corrected chi connectivity index (χ2v) is 7.09. The standard InChI is InChI=1S/C18H20N4OS.ClH/c23-18(15-12-24-16-4-2-1-3-14(15)16)21-17-6-5-13(11-20-17)22-9-7-19-8-10-22;/h1-6,11,15,19H,7-10,12H2,(H,20,21,23);1H. The summed E-state index contributed by atoms with van der Waals surface area (Å²) >= 11 is 1.74. The van der Waals surface area contributed by atoms with Gasteiger partial charge in [0.15, 0.2) is 0 Å². The number of carbonyl (C=O) groups excluding carboxylic acids is 1. The van der Waals surface area contributed by atoms with Crippen LogP contribution in [0.4, 0.5) is 11.5 Å². The van der Waals surface area contributed by atoms with Gasteiger partial charge in [-0.1, -0.05) is 18.2 Å². The third-order valence-electron chi connectivity index (χ3n) is 4.50. The Morgan fingerprint density at radius 3 is 2.76 bits per heavy atom. The van der Waals surface area contributed by atoms with E-state index in [2.05, 4.69) is 26.6 Å². The number of piperazine rings is 1. The molecule has 3 heterocycles. The van der Waals surface area contributed by atoms with Gasteiger partial charge >= 0.3 is 0 Å². The predicted molar refractivity (Wildman–Crippen MR) is 105 cm³/mol. The highest BCUT2D eigenvalue weighted by atomic mass is 35.5.